The van der Waals surface area contributed by atoms with Crippen LogP contribution in [0.25, 0.3) is 0 Å². The molecule has 240 valence electrons. The standard InChI is InChI=1S/C16H24N2O4.C6H9BrO3.C4H7BrO2.CH3NO/c1-16(2,3)22-15(20)18-9-7-17(8-10-18)12-5-6-13(19)14(11-12)21-4;1-3-10-6(9)5(7)4(2)8;1-2-7-4(6)3-5;2-1-3/h5-6,11,19H,7-10H2,1-4H3;5H,3H2,1-2H3;2-3H2,1H3;1H,(H2,2,3). The maximum absolute atomic E-state index is 12.0. The van der Waals surface area contributed by atoms with Gasteiger partial charge >= 0.3 is 18.0 Å². The van der Waals surface area contributed by atoms with Crippen LogP contribution in [0.5, 0.6) is 11.5 Å². The van der Waals surface area contributed by atoms with Gasteiger partial charge in [0, 0.05) is 37.9 Å². The van der Waals surface area contributed by atoms with Gasteiger partial charge in [-0.3, -0.25) is 19.2 Å². The average molecular weight is 729 g/mol. The molecule has 0 spiro atoms. The number of Topliss-reactive ketones (excluding diaryl/α,β-unsaturated/α-hetero) is 1. The number of ether oxygens (including phenoxy) is 4. The van der Waals surface area contributed by atoms with Crippen molar-refractivity contribution in [2.45, 2.75) is 52.0 Å². The molecule has 0 bridgehead atoms. The number of halogens is 2. The molecule has 1 fully saturated rings. The van der Waals surface area contributed by atoms with Crippen molar-refractivity contribution in [1.82, 2.24) is 4.90 Å². The summed E-state index contributed by atoms with van der Waals surface area (Å²) < 4.78 is 19.6. The molecule has 13 nitrogen and oxygen atoms in total. The van der Waals surface area contributed by atoms with Crippen LogP contribution in [0.4, 0.5) is 10.5 Å². The summed E-state index contributed by atoms with van der Waals surface area (Å²) in [7, 11) is 1.53. The van der Waals surface area contributed by atoms with E-state index in [0.29, 0.717) is 50.5 Å². The number of carbonyl (C=O) groups excluding carboxylic acids is 5. The number of anilines is 1. The lowest BCUT2D eigenvalue weighted by atomic mass is 10.2. The van der Waals surface area contributed by atoms with Gasteiger partial charge in [-0.25, -0.2) is 4.79 Å². The van der Waals surface area contributed by atoms with Crippen LogP contribution in [0.2, 0.25) is 0 Å². The van der Waals surface area contributed by atoms with Crippen LogP contribution in [0, 0.1) is 0 Å². The average Bonchev–Trinajstić information content (AvgIpc) is 2.93. The number of esters is 2. The molecule has 3 N–H and O–H groups in total. The number of hydrogen-bond acceptors (Lipinski definition) is 11. The number of phenols is 1. The fourth-order valence-electron chi connectivity index (χ4n) is 2.92. The molecule has 0 aromatic heterocycles. The van der Waals surface area contributed by atoms with Crippen LogP contribution in [0.15, 0.2) is 18.2 Å². The normalized spacial score (nSPS) is 12.8. The van der Waals surface area contributed by atoms with Crippen LogP contribution >= 0.6 is 31.9 Å². The van der Waals surface area contributed by atoms with Crippen molar-refractivity contribution >= 4 is 67.8 Å². The van der Waals surface area contributed by atoms with E-state index in [-0.39, 0.29) is 30.0 Å². The van der Waals surface area contributed by atoms with Crippen molar-refractivity contribution in [1.29, 1.82) is 0 Å². The molecule has 2 rings (SSSR count). The van der Waals surface area contributed by atoms with Gasteiger partial charge in [-0.1, -0.05) is 31.9 Å². The first-order valence-corrected chi connectivity index (χ1v) is 14.9. The van der Waals surface area contributed by atoms with Crippen LogP contribution in [-0.2, 0) is 33.4 Å². The van der Waals surface area contributed by atoms with E-state index in [9.17, 15) is 24.3 Å². The molecule has 1 aliphatic heterocycles. The monoisotopic (exact) mass is 727 g/mol. The van der Waals surface area contributed by atoms with Gasteiger partial charge in [0.15, 0.2) is 22.1 Å². The number of phenolic OH excluding ortho intramolecular Hbond substituents is 1. The van der Waals surface area contributed by atoms with Crippen molar-refractivity contribution in [3.8, 4) is 11.5 Å². The Balaban J connectivity index is 0. The second-order valence-corrected chi connectivity index (χ2v) is 10.6. The molecule has 1 atom stereocenters. The molecule has 1 aliphatic rings. The highest BCUT2D eigenvalue weighted by Gasteiger charge is 2.26. The third-order valence-electron chi connectivity index (χ3n) is 4.72. The zero-order valence-corrected chi connectivity index (χ0v) is 28.4. The molecule has 15 heteroatoms. The van der Waals surface area contributed by atoms with Gasteiger partial charge in [-0.15, -0.1) is 0 Å². The molecule has 1 saturated heterocycles. The number of methoxy groups -OCH3 is 1. The second kappa shape index (κ2) is 22.5. The Bertz CT molecular complexity index is 981. The number of nitrogens with two attached hydrogens (primary N) is 1. The number of ketones is 1. The quantitative estimate of drug-likeness (QED) is 0.138. The van der Waals surface area contributed by atoms with Gasteiger partial charge in [-0.2, -0.15) is 0 Å². The Labute approximate surface area is 264 Å². The van der Waals surface area contributed by atoms with Crippen LogP contribution in [0.1, 0.15) is 41.5 Å². The number of piperazine rings is 1. The van der Waals surface area contributed by atoms with Crippen LogP contribution in [0.3, 0.4) is 0 Å². The summed E-state index contributed by atoms with van der Waals surface area (Å²) in [6.45, 7) is 13.8. The first-order chi connectivity index (χ1) is 19.6. The maximum atomic E-state index is 12.0. The van der Waals surface area contributed by atoms with E-state index in [2.05, 4.69) is 52.0 Å². The largest absolute Gasteiger partial charge is 0.504 e. The summed E-state index contributed by atoms with van der Waals surface area (Å²) in [5.41, 5.74) is 4.66. The fraction of sp³-hybridized carbons (Fsp3) is 0.593. The number of nitrogens with zero attached hydrogens (tertiary/aromatic N) is 2. The van der Waals surface area contributed by atoms with Gasteiger partial charge in [-0.05, 0) is 53.7 Å². The summed E-state index contributed by atoms with van der Waals surface area (Å²) in [5, 5.41) is 9.94. The number of aromatic hydroxyl groups is 1. The molecular formula is C27H43Br2N3O10. The Kier molecular flexibility index (Phi) is 22.0. The molecular weight excluding hydrogens is 686 g/mol. The number of hydrogen-bond donors (Lipinski definition) is 2. The Morgan fingerprint density at radius 3 is 1.98 bits per heavy atom. The second-order valence-electron chi connectivity index (χ2n) is 9.11. The minimum atomic E-state index is -0.799. The molecule has 1 aromatic carbocycles. The number of primary amides is 1. The first-order valence-electron chi connectivity index (χ1n) is 12.9. The lowest BCUT2D eigenvalue weighted by molar-refractivity contribution is -0.144. The van der Waals surface area contributed by atoms with E-state index in [1.54, 1.807) is 30.9 Å². The summed E-state index contributed by atoms with van der Waals surface area (Å²) >= 11 is 5.83. The lowest BCUT2D eigenvalue weighted by Gasteiger charge is -2.36. The highest BCUT2D eigenvalue weighted by atomic mass is 79.9. The fourth-order valence-corrected chi connectivity index (χ4v) is 3.21. The predicted octanol–water partition coefficient (Wildman–Crippen LogP) is 3.41. The predicted molar refractivity (Wildman–Crippen MR) is 165 cm³/mol. The van der Waals surface area contributed by atoms with Gasteiger partial charge < -0.3 is 39.6 Å². The first kappa shape index (κ1) is 41.1. The summed E-state index contributed by atoms with van der Waals surface area (Å²) in [5.74, 6) is -0.387. The zero-order valence-electron chi connectivity index (χ0n) is 25.2. The number of rotatable bonds is 7. The van der Waals surface area contributed by atoms with Crippen LogP contribution < -0.4 is 15.4 Å². The minimum Gasteiger partial charge on any atom is -0.504 e. The molecule has 42 heavy (non-hydrogen) atoms. The third-order valence-corrected chi connectivity index (χ3v) is 6.20. The number of carbonyl (C=O) groups is 5. The van der Waals surface area contributed by atoms with Crippen molar-refractivity contribution in [2.75, 3.05) is 56.7 Å². The van der Waals surface area contributed by atoms with E-state index in [1.165, 1.54) is 14.0 Å². The van der Waals surface area contributed by atoms with Gasteiger partial charge in [0.25, 0.3) is 0 Å². The zero-order chi connectivity index (χ0) is 32.9. The third kappa shape index (κ3) is 18.4. The number of alkyl halides is 2. The highest BCUT2D eigenvalue weighted by molar-refractivity contribution is 9.10. The van der Waals surface area contributed by atoms with E-state index in [4.69, 9.17) is 14.3 Å². The van der Waals surface area contributed by atoms with Crippen molar-refractivity contribution in [3.63, 3.8) is 0 Å². The topological polar surface area (TPSA) is 175 Å². The maximum Gasteiger partial charge on any atom is 0.410 e. The molecule has 2 amide bonds. The van der Waals surface area contributed by atoms with Crippen LogP contribution in [-0.4, -0.2) is 102 Å². The Morgan fingerprint density at radius 2 is 1.60 bits per heavy atom. The van der Waals surface area contributed by atoms with Crippen molar-refractivity contribution in [3.05, 3.63) is 18.2 Å². The molecule has 0 aliphatic carbocycles. The summed E-state index contributed by atoms with van der Waals surface area (Å²) in [6, 6.07) is 5.27. The Hall–Kier alpha value is -3.07. The van der Waals surface area contributed by atoms with Crippen molar-refractivity contribution < 1.29 is 48.0 Å². The van der Waals surface area contributed by atoms with E-state index < -0.39 is 16.4 Å². The molecule has 1 aromatic rings. The molecule has 0 saturated carbocycles. The number of benzene rings is 1. The van der Waals surface area contributed by atoms with E-state index in [0.717, 1.165) is 5.69 Å². The summed E-state index contributed by atoms with van der Waals surface area (Å²) in [4.78, 5) is 55.0. The molecule has 1 unspecified atom stereocenters. The Morgan fingerprint density at radius 1 is 1.07 bits per heavy atom. The smallest absolute Gasteiger partial charge is 0.410 e. The number of amides is 2. The van der Waals surface area contributed by atoms with Gasteiger partial charge in [0.2, 0.25) is 6.41 Å². The highest BCUT2D eigenvalue weighted by Crippen LogP contribution is 2.31. The lowest BCUT2D eigenvalue weighted by Crippen LogP contribution is -2.50. The SMILES string of the molecule is CCOC(=O)C(Br)C(C)=O.CCOC(=O)CBr.COc1cc(N2CCN(C(=O)OC(C)(C)C)CC2)ccc1O.NC=O. The molecule has 0 radical (unpaired) electrons. The van der Waals surface area contributed by atoms with Gasteiger partial charge in [0.1, 0.15) is 10.9 Å². The van der Waals surface area contributed by atoms with E-state index in [1.807, 2.05) is 26.8 Å². The molecule has 1 heterocycles. The van der Waals surface area contributed by atoms with Gasteiger partial charge in [0.05, 0.1) is 20.3 Å². The summed E-state index contributed by atoms with van der Waals surface area (Å²) in [6.07, 6.45) is -0.0181. The van der Waals surface area contributed by atoms with Crippen molar-refractivity contribution in [2.24, 2.45) is 5.73 Å². The van der Waals surface area contributed by atoms with E-state index >= 15 is 0 Å². The minimum absolute atomic E-state index is 0.124.